The number of anilines is 2. The number of nitrogen functional groups attached to an aromatic ring is 1. The van der Waals surface area contributed by atoms with Gasteiger partial charge in [-0.3, -0.25) is 0 Å². The first-order valence-electron chi connectivity index (χ1n) is 11.9. The minimum Gasteiger partial charge on any atom is -0.492 e. The third-order valence-electron chi connectivity index (χ3n) is 6.00. The number of carbonyl (C=O) groups excluding carboxylic acids is 1. The van der Waals surface area contributed by atoms with E-state index >= 15 is 0 Å². The maximum absolute atomic E-state index is 12.0. The van der Waals surface area contributed by atoms with Crippen molar-refractivity contribution in [2.45, 2.75) is 45.8 Å². The number of fused-ring (bicyclic) bond motifs is 1. The Morgan fingerprint density at radius 2 is 2.00 bits per heavy atom. The van der Waals surface area contributed by atoms with Crippen LogP contribution in [0.1, 0.15) is 26.7 Å². The summed E-state index contributed by atoms with van der Waals surface area (Å²) in [7, 11) is 0. The Morgan fingerprint density at radius 1 is 1.20 bits per heavy atom. The number of tetrazole rings is 1. The molecule has 0 atom stereocenters. The van der Waals surface area contributed by atoms with Crippen LogP contribution in [0.3, 0.4) is 0 Å². The van der Waals surface area contributed by atoms with Crippen LogP contribution in [0.15, 0.2) is 48.8 Å². The summed E-state index contributed by atoms with van der Waals surface area (Å²) in [5.74, 6) is 1.43. The average molecular weight is 475 g/mol. The molecule has 2 aromatic carbocycles. The van der Waals surface area contributed by atoms with E-state index in [2.05, 4.69) is 36.7 Å². The third-order valence-corrected chi connectivity index (χ3v) is 6.00. The largest absolute Gasteiger partial charge is 0.492 e. The number of nitrogens with one attached hydrogen (secondary N) is 2. The van der Waals surface area contributed by atoms with Crippen LogP contribution in [0.5, 0.6) is 5.75 Å². The molecule has 0 saturated heterocycles. The molecule has 0 spiro atoms. The van der Waals surface area contributed by atoms with Crippen molar-refractivity contribution < 1.29 is 9.53 Å². The van der Waals surface area contributed by atoms with E-state index in [0.717, 1.165) is 45.8 Å². The minimum absolute atomic E-state index is 0.0697. The second kappa shape index (κ2) is 9.65. The Bertz CT molecular complexity index is 1310. The number of rotatable bonds is 9. The van der Waals surface area contributed by atoms with E-state index in [0.29, 0.717) is 19.1 Å². The van der Waals surface area contributed by atoms with E-state index in [-0.39, 0.29) is 12.1 Å². The Hall–Kier alpha value is -4.08. The molecule has 1 aliphatic rings. The lowest BCUT2D eigenvalue weighted by atomic mass is 10.1. The fraction of sp³-hybridized carbons (Fsp3) is 0.360. The minimum atomic E-state index is -0.220. The highest BCUT2D eigenvalue weighted by Crippen LogP contribution is 2.41. The molecule has 182 valence electrons. The monoisotopic (exact) mass is 474 g/mol. The van der Waals surface area contributed by atoms with E-state index < -0.39 is 0 Å². The fourth-order valence-electron chi connectivity index (χ4n) is 4.18. The van der Waals surface area contributed by atoms with Crippen molar-refractivity contribution in [2.75, 3.05) is 17.7 Å². The summed E-state index contributed by atoms with van der Waals surface area (Å²) >= 11 is 0. The van der Waals surface area contributed by atoms with E-state index in [9.17, 15) is 4.79 Å². The maximum Gasteiger partial charge on any atom is 0.319 e. The molecule has 35 heavy (non-hydrogen) atoms. The van der Waals surface area contributed by atoms with Gasteiger partial charge in [-0.15, -0.1) is 10.2 Å². The van der Waals surface area contributed by atoms with Crippen LogP contribution in [0.4, 0.5) is 16.2 Å². The summed E-state index contributed by atoms with van der Waals surface area (Å²) in [5.41, 5.74) is 11.2. The normalized spacial score (nSPS) is 13.3. The Morgan fingerprint density at radius 3 is 2.69 bits per heavy atom. The highest BCUT2D eigenvalue weighted by molar-refractivity contribution is 6.01. The molecular weight excluding hydrogens is 444 g/mol. The van der Waals surface area contributed by atoms with Gasteiger partial charge in [0.2, 0.25) is 0 Å². The van der Waals surface area contributed by atoms with E-state index in [1.165, 1.54) is 24.0 Å². The van der Waals surface area contributed by atoms with Crippen molar-refractivity contribution in [3.63, 3.8) is 0 Å². The molecular formula is C25H30N8O2. The number of carbonyl (C=O) groups is 1. The second-order valence-corrected chi connectivity index (χ2v) is 9.21. The molecule has 0 radical (unpaired) electrons. The Labute approximate surface area is 203 Å². The van der Waals surface area contributed by atoms with Crippen LogP contribution < -0.4 is 21.1 Å². The number of nitrogens with two attached hydrogens (primary N) is 1. The topological polar surface area (TPSA) is 125 Å². The molecule has 0 bridgehead atoms. The summed E-state index contributed by atoms with van der Waals surface area (Å²) in [6.45, 7) is 5.71. The average Bonchev–Trinajstić information content (AvgIpc) is 3.42. The lowest BCUT2D eigenvalue weighted by molar-refractivity contribution is 0.250. The van der Waals surface area contributed by atoms with Crippen LogP contribution in [0.25, 0.3) is 22.2 Å². The standard InChI is InChI=1S/C25H30N8O2/c1-16(2)29-25(34)30-19-7-5-18(6-8-19)24-23(26)21-10-9-20(35-12-11-33-28-15-27-31-33)13-22(21)32(24)14-17-3-4-17/h5-10,13,15-17H,3-4,11-12,14,26H2,1-2H3,(H2,29,30,34). The summed E-state index contributed by atoms with van der Waals surface area (Å²) in [5, 5.41) is 18.3. The molecule has 0 unspecified atom stereocenters. The Kier molecular flexibility index (Phi) is 6.26. The SMILES string of the molecule is CC(C)NC(=O)Nc1ccc(-c2c(N)c3ccc(OCCn4ncnn4)cc3n2CC2CC2)cc1. The predicted octanol–water partition coefficient (Wildman–Crippen LogP) is 3.90. The van der Waals surface area contributed by atoms with Crippen molar-refractivity contribution in [1.29, 1.82) is 0 Å². The van der Waals surface area contributed by atoms with Crippen LogP contribution >= 0.6 is 0 Å². The van der Waals surface area contributed by atoms with E-state index in [4.69, 9.17) is 10.5 Å². The predicted molar refractivity (Wildman–Crippen MR) is 135 cm³/mol. The fourth-order valence-corrected chi connectivity index (χ4v) is 4.18. The van der Waals surface area contributed by atoms with Crippen molar-refractivity contribution in [3.8, 4) is 17.0 Å². The van der Waals surface area contributed by atoms with Gasteiger partial charge >= 0.3 is 6.03 Å². The highest BCUT2D eigenvalue weighted by Gasteiger charge is 2.26. The zero-order valence-corrected chi connectivity index (χ0v) is 19.9. The molecule has 2 amide bonds. The van der Waals surface area contributed by atoms with E-state index in [1.54, 1.807) is 0 Å². The summed E-state index contributed by atoms with van der Waals surface area (Å²) < 4.78 is 8.28. The van der Waals surface area contributed by atoms with Crippen molar-refractivity contribution >= 4 is 28.3 Å². The number of hydrogen-bond acceptors (Lipinski definition) is 6. The van der Waals surface area contributed by atoms with Gasteiger partial charge in [-0.2, -0.15) is 4.80 Å². The summed E-state index contributed by atoms with van der Waals surface area (Å²) in [6, 6.07) is 13.7. The van der Waals surface area contributed by atoms with Crippen LogP contribution in [-0.2, 0) is 13.1 Å². The number of benzene rings is 2. The van der Waals surface area contributed by atoms with Gasteiger partial charge in [0.15, 0.2) is 6.33 Å². The lowest BCUT2D eigenvalue weighted by Crippen LogP contribution is -2.34. The zero-order valence-electron chi connectivity index (χ0n) is 19.9. The number of urea groups is 1. The number of amides is 2. The van der Waals surface area contributed by atoms with Gasteiger partial charge < -0.3 is 25.7 Å². The molecule has 1 aliphatic carbocycles. The quantitative estimate of drug-likeness (QED) is 0.338. The summed E-state index contributed by atoms with van der Waals surface area (Å²) in [4.78, 5) is 13.5. The maximum atomic E-state index is 12.0. The van der Waals surface area contributed by atoms with E-state index in [1.807, 2.05) is 50.2 Å². The van der Waals surface area contributed by atoms with Crippen molar-refractivity contribution in [1.82, 2.24) is 30.1 Å². The molecule has 2 heterocycles. The van der Waals surface area contributed by atoms with Crippen LogP contribution in [-0.4, -0.2) is 43.5 Å². The van der Waals surface area contributed by atoms with Crippen molar-refractivity contribution in [2.24, 2.45) is 5.92 Å². The lowest BCUT2D eigenvalue weighted by Gasteiger charge is -2.13. The first-order chi connectivity index (χ1) is 17.0. The van der Waals surface area contributed by atoms with Gasteiger partial charge in [0.05, 0.1) is 23.4 Å². The molecule has 4 N–H and O–H groups in total. The first-order valence-corrected chi connectivity index (χ1v) is 11.9. The molecule has 2 aromatic heterocycles. The van der Waals surface area contributed by atoms with Crippen LogP contribution in [0, 0.1) is 5.92 Å². The van der Waals surface area contributed by atoms with Crippen molar-refractivity contribution in [3.05, 3.63) is 48.8 Å². The molecule has 0 aliphatic heterocycles. The van der Waals surface area contributed by atoms with Gasteiger partial charge in [-0.1, -0.05) is 12.1 Å². The second-order valence-electron chi connectivity index (χ2n) is 9.21. The van der Waals surface area contributed by atoms with Gasteiger partial charge in [0.1, 0.15) is 12.4 Å². The Balaban J connectivity index is 1.41. The first kappa shape index (κ1) is 22.7. The van der Waals surface area contributed by atoms with Gasteiger partial charge in [-0.25, -0.2) is 4.79 Å². The number of ether oxygens (including phenoxy) is 1. The molecule has 10 nitrogen and oxygen atoms in total. The molecule has 1 saturated carbocycles. The van der Waals surface area contributed by atoms with Gasteiger partial charge in [-0.05, 0) is 62.1 Å². The van der Waals surface area contributed by atoms with Crippen LogP contribution in [0.2, 0.25) is 0 Å². The molecule has 4 aromatic rings. The number of hydrogen-bond donors (Lipinski definition) is 3. The van der Waals surface area contributed by atoms with Gasteiger partial charge in [0.25, 0.3) is 0 Å². The third kappa shape index (κ3) is 5.21. The smallest absolute Gasteiger partial charge is 0.319 e. The zero-order chi connectivity index (χ0) is 24.4. The van der Waals surface area contributed by atoms with Gasteiger partial charge in [0, 0.05) is 35.3 Å². The number of nitrogens with zero attached hydrogens (tertiary/aromatic N) is 5. The molecule has 1 fully saturated rings. The summed E-state index contributed by atoms with van der Waals surface area (Å²) in [6.07, 6.45) is 3.87. The highest BCUT2D eigenvalue weighted by atomic mass is 16.5. The molecule has 5 rings (SSSR count). The number of aromatic nitrogens is 5. The molecule has 10 heteroatoms.